The molecule has 4 heteroatoms. The van der Waals surface area contributed by atoms with Crippen LogP contribution in [0.25, 0.3) is 77.9 Å². The minimum Gasteiger partial charge on any atom is -0.310 e. The molecule has 0 bridgehead atoms. The maximum atomic E-state index is 7.05. The van der Waals surface area contributed by atoms with Gasteiger partial charge in [-0.2, -0.15) is 0 Å². The molecule has 0 spiro atoms. The Hall–Kier alpha value is -11.2. The Morgan fingerprint density at radius 2 is 0.409 bits per heavy atom. The lowest BCUT2D eigenvalue weighted by atomic mass is 9.96. The lowest BCUT2D eigenvalue weighted by Gasteiger charge is -2.33. The van der Waals surface area contributed by atoms with Crippen molar-refractivity contribution in [3.05, 3.63) is 369 Å². The minimum atomic E-state index is 0.658. The Balaban J connectivity index is 1.05. The molecule has 0 aromatic heterocycles. The van der Waals surface area contributed by atoms with Gasteiger partial charge < -0.3 is 14.7 Å². The van der Waals surface area contributed by atoms with Gasteiger partial charge >= 0.3 is 0 Å². The monoisotopic (exact) mass is 1150 g/mol. The van der Waals surface area contributed by atoms with E-state index in [0.29, 0.717) is 5.02 Å². The van der Waals surface area contributed by atoms with Gasteiger partial charge in [-0.05, 0) is 182 Å². The third-order valence-electron chi connectivity index (χ3n) is 16.2. The molecule has 3 nitrogen and oxygen atoms in total. The van der Waals surface area contributed by atoms with Gasteiger partial charge in [0.25, 0.3) is 0 Å². The summed E-state index contributed by atoms with van der Waals surface area (Å²) in [5.41, 5.74) is 24.4. The molecule has 0 heterocycles. The molecule has 0 saturated heterocycles. The van der Waals surface area contributed by atoms with E-state index in [1.807, 2.05) is 6.07 Å². The van der Waals surface area contributed by atoms with Gasteiger partial charge in [0.15, 0.2) is 0 Å². The average Bonchev–Trinajstić information content (AvgIpc) is 1.75. The zero-order valence-corrected chi connectivity index (χ0v) is 49.1. The molecule has 14 aromatic rings. The van der Waals surface area contributed by atoms with E-state index < -0.39 is 0 Å². The molecular weight excluding hydrogens is 1090 g/mol. The summed E-state index contributed by atoms with van der Waals surface area (Å²) in [5, 5.41) is 0.658. The molecule has 0 aliphatic rings. The molecule has 88 heavy (non-hydrogen) atoms. The molecular formula is C84H60ClN3. The van der Waals surface area contributed by atoms with Crippen LogP contribution in [0.2, 0.25) is 5.02 Å². The van der Waals surface area contributed by atoms with E-state index in [0.717, 1.165) is 129 Å². The summed E-state index contributed by atoms with van der Waals surface area (Å²) in [6.45, 7) is 0. The molecule has 0 aliphatic carbocycles. The van der Waals surface area contributed by atoms with Crippen LogP contribution < -0.4 is 14.7 Å². The van der Waals surface area contributed by atoms with E-state index in [-0.39, 0.29) is 0 Å². The highest BCUT2D eigenvalue weighted by atomic mass is 35.5. The van der Waals surface area contributed by atoms with Crippen molar-refractivity contribution >= 4 is 62.8 Å². The van der Waals surface area contributed by atoms with Crippen LogP contribution in [0, 0.1) is 0 Å². The van der Waals surface area contributed by atoms with Crippen LogP contribution >= 0.6 is 11.6 Å². The van der Waals surface area contributed by atoms with Crippen molar-refractivity contribution in [1.82, 2.24) is 0 Å². The van der Waals surface area contributed by atoms with Gasteiger partial charge in [0, 0.05) is 56.1 Å². The molecule has 14 aromatic carbocycles. The van der Waals surface area contributed by atoms with Crippen LogP contribution in [0.4, 0.5) is 51.2 Å². The molecule has 0 fully saturated rings. The van der Waals surface area contributed by atoms with Gasteiger partial charge in [-0.3, -0.25) is 0 Å². The number of anilines is 9. The lowest BCUT2D eigenvalue weighted by molar-refractivity contribution is 1.24. The quantitative estimate of drug-likeness (QED) is 0.0955. The van der Waals surface area contributed by atoms with Crippen LogP contribution in [0.3, 0.4) is 0 Å². The fourth-order valence-corrected chi connectivity index (χ4v) is 12.2. The summed E-state index contributed by atoms with van der Waals surface area (Å²) >= 11 is 7.05. The van der Waals surface area contributed by atoms with Crippen molar-refractivity contribution in [2.24, 2.45) is 0 Å². The maximum absolute atomic E-state index is 7.05. The summed E-state index contributed by atoms with van der Waals surface area (Å²) in [5.74, 6) is 0. The van der Waals surface area contributed by atoms with E-state index in [9.17, 15) is 0 Å². The lowest BCUT2D eigenvalue weighted by Crippen LogP contribution is -2.15. The summed E-state index contributed by atoms with van der Waals surface area (Å²) in [6, 6.07) is 131. The summed E-state index contributed by atoms with van der Waals surface area (Å²) in [6.07, 6.45) is 0. The largest absolute Gasteiger partial charge is 0.310 e. The van der Waals surface area contributed by atoms with Crippen molar-refractivity contribution < 1.29 is 0 Å². The summed E-state index contributed by atoms with van der Waals surface area (Å²) in [7, 11) is 0. The second-order valence-electron chi connectivity index (χ2n) is 21.9. The van der Waals surface area contributed by atoms with Crippen molar-refractivity contribution in [3.63, 3.8) is 0 Å². The topological polar surface area (TPSA) is 9.72 Å². The van der Waals surface area contributed by atoms with Gasteiger partial charge in [0.1, 0.15) is 0 Å². The van der Waals surface area contributed by atoms with Gasteiger partial charge in [-0.15, -0.1) is 0 Å². The van der Waals surface area contributed by atoms with Gasteiger partial charge in [-0.1, -0.05) is 266 Å². The maximum Gasteiger partial charge on any atom is 0.0541 e. The third-order valence-corrected chi connectivity index (χ3v) is 16.4. The van der Waals surface area contributed by atoms with E-state index in [1.165, 1.54) is 0 Å². The Bertz CT molecular complexity index is 4530. The number of rotatable bonds is 16. The Morgan fingerprint density at radius 1 is 0.159 bits per heavy atom. The third kappa shape index (κ3) is 11.8. The van der Waals surface area contributed by atoms with E-state index in [2.05, 4.69) is 373 Å². The van der Waals surface area contributed by atoms with Crippen molar-refractivity contribution in [1.29, 1.82) is 0 Å². The first-order valence-corrected chi connectivity index (χ1v) is 30.2. The SMILES string of the molecule is Clc1ccc(N(c2cccc(-c3ccccc3)c2)c2cc(-c3ccccc3)cc(N(c3cc(-c4ccccc4)cc(-c4ccccc4)c3)c3cccc(N(c4cccc(-c5ccccc5)c4)c4cccc(-c5ccccc5)c4)c3)c2)c(-c2ccccc2)c1. The van der Waals surface area contributed by atoms with Crippen LogP contribution in [-0.2, 0) is 0 Å². The summed E-state index contributed by atoms with van der Waals surface area (Å²) < 4.78 is 0. The number of nitrogens with zero attached hydrogens (tertiary/aromatic N) is 3. The number of hydrogen-bond acceptors (Lipinski definition) is 3. The van der Waals surface area contributed by atoms with Gasteiger partial charge in [0.2, 0.25) is 0 Å². The molecule has 0 amide bonds. The first kappa shape index (κ1) is 54.7. The smallest absolute Gasteiger partial charge is 0.0541 e. The molecule has 0 aliphatic heterocycles. The van der Waals surface area contributed by atoms with E-state index in [1.54, 1.807) is 0 Å². The average molecular weight is 1150 g/mol. The van der Waals surface area contributed by atoms with Gasteiger partial charge in [-0.25, -0.2) is 0 Å². The van der Waals surface area contributed by atoms with Crippen LogP contribution in [0.15, 0.2) is 364 Å². The first-order chi connectivity index (χ1) is 43.5. The fourth-order valence-electron chi connectivity index (χ4n) is 12.0. The van der Waals surface area contributed by atoms with Crippen LogP contribution in [0.5, 0.6) is 0 Å². The van der Waals surface area contributed by atoms with Crippen molar-refractivity contribution in [2.45, 2.75) is 0 Å². The predicted octanol–water partition coefficient (Wildman–Crippen LogP) is 24.4. The Labute approximate surface area is 521 Å². The molecule has 0 atom stereocenters. The van der Waals surface area contributed by atoms with Gasteiger partial charge in [0.05, 0.1) is 5.69 Å². The predicted molar refractivity (Wildman–Crippen MR) is 374 cm³/mol. The van der Waals surface area contributed by atoms with E-state index in [4.69, 9.17) is 11.6 Å². The number of benzene rings is 14. The highest BCUT2D eigenvalue weighted by molar-refractivity contribution is 6.31. The summed E-state index contributed by atoms with van der Waals surface area (Å²) in [4.78, 5) is 7.26. The Kier molecular flexibility index (Phi) is 15.6. The number of halogens is 1. The zero-order valence-electron chi connectivity index (χ0n) is 48.4. The van der Waals surface area contributed by atoms with Crippen LogP contribution in [0.1, 0.15) is 0 Å². The molecule has 14 rings (SSSR count). The highest BCUT2D eigenvalue weighted by Crippen LogP contribution is 2.49. The first-order valence-electron chi connectivity index (χ1n) is 29.8. The standard InChI is InChI=1S/C84H60ClN3/c85-74-48-49-84(83(58-74)67-38-20-7-21-39-67)88(77-45-24-42-70(53-77)63-30-12-3-13-31-63)82-57-73(66-36-18-6-19-37-66)56-81(60-82)87(80-54-71(64-32-14-4-15-33-64)50-72(55-80)65-34-16-5-17-35-65)79-47-25-46-78(59-79)86(75-43-22-40-68(51-75)61-26-8-1-9-27-61)76-44-23-41-69(52-76)62-28-10-2-11-29-62/h1-60H. The zero-order chi connectivity index (χ0) is 59.0. The van der Waals surface area contributed by atoms with Crippen molar-refractivity contribution in [2.75, 3.05) is 14.7 Å². The number of hydrogen-bond donors (Lipinski definition) is 0. The molecule has 0 radical (unpaired) electrons. The molecule has 0 unspecified atom stereocenters. The Morgan fingerprint density at radius 3 is 0.795 bits per heavy atom. The van der Waals surface area contributed by atoms with Crippen molar-refractivity contribution in [3.8, 4) is 77.9 Å². The second-order valence-corrected chi connectivity index (χ2v) is 22.3. The van der Waals surface area contributed by atoms with E-state index >= 15 is 0 Å². The minimum absolute atomic E-state index is 0.658. The fraction of sp³-hybridized carbons (Fsp3) is 0. The molecule has 0 N–H and O–H groups in total. The molecule has 0 saturated carbocycles. The van der Waals surface area contributed by atoms with Crippen LogP contribution in [-0.4, -0.2) is 0 Å². The molecule has 418 valence electrons. The normalized spacial score (nSPS) is 11.0. The second kappa shape index (κ2) is 25.2. The highest BCUT2D eigenvalue weighted by Gasteiger charge is 2.25.